The minimum atomic E-state index is -0.940. The summed E-state index contributed by atoms with van der Waals surface area (Å²) in [7, 11) is 1.22. The summed E-state index contributed by atoms with van der Waals surface area (Å²) in [4.78, 5) is 74.7. The van der Waals surface area contributed by atoms with Gasteiger partial charge in [0.25, 0.3) is 0 Å². The zero-order valence-electron chi connectivity index (χ0n) is 20.3. The van der Waals surface area contributed by atoms with Crippen molar-refractivity contribution in [3.8, 4) is 0 Å². The van der Waals surface area contributed by atoms with E-state index in [0.29, 0.717) is 19.4 Å². The molecule has 1 fully saturated rings. The summed E-state index contributed by atoms with van der Waals surface area (Å²) in [5, 5.41) is 7.74. The molecule has 1 aliphatic rings. The van der Waals surface area contributed by atoms with Crippen LogP contribution in [-0.2, 0) is 33.5 Å². The van der Waals surface area contributed by atoms with Crippen LogP contribution in [0.5, 0.6) is 0 Å². The highest BCUT2D eigenvalue weighted by Crippen LogP contribution is 2.19. The van der Waals surface area contributed by atoms with Crippen LogP contribution >= 0.6 is 11.6 Å². The average molecular weight is 503 g/mol. The van der Waals surface area contributed by atoms with Crippen molar-refractivity contribution < 1.29 is 33.5 Å². The number of alkyl halides is 1. The largest absolute Gasteiger partial charge is 0.469 e. The molecule has 1 aliphatic heterocycles. The Morgan fingerprint density at radius 2 is 1.62 bits per heavy atom. The summed E-state index contributed by atoms with van der Waals surface area (Å²) in [6.07, 6.45) is 0.776. The van der Waals surface area contributed by atoms with E-state index in [2.05, 4.69) is 20.7 Å². The molecule has 1 rings (SSSR count). The van der Waals surface area contributed by atoms with Gasteiger partial charge in [0, 0.05) is 13.0 Å². The summed E-state index contributed by atoms with van der Waals surface area (Å²) in [6, 6.07) is -3.39. The Morgan fingerprint density at radius 3 is 2.18 bits per heavy atom. The number of ether oxygens (including phenoxy) is 1. The van der Waals surface area contributed by atoms with Crippen LogP contribution in [0.1, 0.15) is 53.4 Å². The second-order valence-electron chi connectivity index (χ2n) is 8.62. The van der Waals surface area contributed by atoms with E-state index in [4.69, 9.17) is 11.6 Å². The molecule has 0 bridgehead atoms. The summed E-state index contributed by atoms with van der Waals surface area (Å²) < 4.78 is 4.48. The van der Waals surface area contributed by atoms with Gasteiger partial charge in [-0.05, 0) is 32.6 Å². The van der Waals surface area contributed by atoms with Crippen molar-refractivity contribution in [3.05, 3.63) is 0 Å². The average Bonchev–Trinajstić information content (AvgIpc) is 3.29. The zero-order chi connectivity index (χ0) is 26.0. The third kappa shape index (κ3) is 8.58. The first-order chi connectivity index (χ1) is 15.9. The maximum absolute atomic E-state index is 12.8. The Morgan fingerprint density at radius 1 is 0.971 bits per heavy atom. The number of hydrogen-bond donors (Lipinski definition) is 3. The van der Waals surface area contributed by atoms with Crippen molar-refractivity contribution in [2.45, 2.75) is 77.5 Å². The molecule has 4 amide bonds. The molecular weight excluding hydrogens is 468 g/mol. The Labute approximate surface area is 204 Å². The van der Waals surface area contributed by atoms with Crippen LogP contribution in [0.25, 0.3) is 0 Å². The normalized spacial score (nSPS) is 18.0. The number of likely N-dealkylation sites (tertiary alicyclic amines) is 1. The Balaban J connectivity index is 2.69. The lowest BCUT2D eigenvalue weighted by atomic mass is 10.0. The standard InChI is InChI=1S/C22H35ClN4O7/c1-12(2)19(16(28)11-23)26-20(31)13(3)25-21(32)15-7-6-10-27(15)22(33)14(4)24-17(29)8-9-18(30)34-5/h12-15,19H,6-11H2,1-5H3,(H,24,29)(H,25,32)(H,26,31)/t13-,14+,15?,19?/m0/s1. The summed E-state index contributed by atoms with van der Waals surface area (Å²) >= 11 is 5.61. The second kappa shape index (κ2) is 13.9. The predicted molar refractivity (Wildman–Crippen MR) is 124 cm³/mol. The van der Waals surface area contributed by atoms with Gasteiger partial charge in [-0.15, -0.1) is 11.6 Å². The molecule has 192 valence electrons. The first kappa shape index (κ1) is 29.3. The van der Waals surface area contributed by atoms with Crippen LogP contribution in [-0.4, -0.2) is 84.0 Å². The molecule has 0 aliphatic carbocycles. The number of nitrogens with one attached hydrogen (secondary N) is 3. The maximum atomic E-state index is 12.8. The summed E-state index contributed by atoms with van der Waals surface area (Å²) in [6.45, 7) is 6.87. The van der Waals surface area contributed by atoms with Crippen LogP contribution in [0.2, 0.25) is 0 Å². The lowest BCUT2D eigenvalue weighted by Crippen LogP contribution is -2.56. The predicted octanol–water partition coefficient (Wildman–Crippen LogP) is -0.111. The fraction of sp³-hybridized carbons (Fsp3) is 0.727. The topological polar surface area (TPSA) is 151 Å². The van der Waals surface area contributed by atoms with Crippen molar-refractivity contribution >= 4 is 47.0 Å². The van der Waals surface area contributed by atoms with Gasteiger partial charge in [0.05, 0.1) is 25.5 Å². The number of Topliss-reactive ketones (excluding diaryl/α,β-unsaturated/α-hetero) is 1. The Hall–Kier alpha value is -2.69. The van der Waals surface area contributed by atoms with Gasteiger partial charge in [-0.2, -0.15) is 0 Å². The van der Waals surface area contributed by atoms with Crippen LogP contribution in [0.3, 0.4) is 0 Å². The van der Waals surface area contributed by atoms with Gasteiger partial charge in [-0.25, -0.2) is 0 Å². The minimum absolute atomic E-state index is 0.105. The van der Waals surface area contributed by atoms with Gasteiger partial charge in [0.15, 0.2) is 5.78 Å². The van der Waals surface area contributed by atoms with Gasteiger partial charge < -0.3 is 25.6 Å². The number of methoxy groups -OCH3 is 1. The molecule has 34 heavy (non-hydrogen) atoms. The number of amides is 4. The van der Waals surface area contributed by atoms with Gasteiger partial charge in [0.1, 0.15) is 18.1 Å². The molecule has 0 spiro atoms. The van der Waals surface area contributed by atoms with Gasteiger partial charge in [-0.1, -0.05) is 13.8 Å². The van der Waals surface area contributed by atoms with Crippen LogP contribution in [0.4, 0.5) is 0 Å². The van der Waals surface area contributed by atoms with Crippen molar-refractivity contribution in [1.29, 1.82) is 0 Å². The lowest BCUT2D eigenvalue weighted by molar-refractivity contribution is -0.143. The van der Waals surface area contributed by atoms with Crippen LogP contribution in [0, 0.1) is 5.92 Å². The molecule has 0 aromatic heterocycles. The maximum Gasteiger partial charge on any atom is 0.306 e. The highest BCUT2D eigenvalue weighted by Gasteiger charge is 2.37. The number of carbonyl (C=O) groups is 6. The molecule has 3 N–H and O–H groups in total. The molecule has 0 aromatic rings. The highest BCUT2D eigenvalue weighted by molar-refractivity contribution is 6.28. The molecule has 2 unspecified atom stereocenters. The van der Waals surface area contributed by atoms with E-state index in [1.165, 1.54) is 25.9 Å². The molecule has 1 heterocycles. The van der Waals surface area contributed by atoms with Gasteiger partial charge in [0.2, 0.25) is 23.6 Å². The fourth-order valence-corrected chi connectivity index (χ4v) is 3.77. The van der Waals surface area contributed by atoms with Crippen molar-refractivity contribution in [2.24, 2.45) is 5.92 Å². The molecule has 0 aromatic carbocycles. The SMILES string of the molecule is COC(=O)CCC(=O)N[C@H](C)C(=O)N1CCCC1C(=O)N[C@@H](C)C(=O)NC(C(=O)CCl)C(C)C. The minimum Gasteiger partial charge on any atom is -0.469 e. The number of rotatable bonds is 12. The number of esters is 1. The number of hydrogen-bond acceptors (Lipinski definition) is 7. The van der Waals surface area contributed by atoms with Gasteiger partial charge >= 0.3 is 5.97 Å². The molecule has 1 saturated heterocycles. The first-order valence-corrected chi connectivity index (χ1v) is 11.8. The van der Waals surface area contributed by atoms with E-state index in [-0.39, 0.29) is 30.4 Å². The third-order valence-corrected chi connectivity index (χ3v) is 5.83. The second-order valence-corrected chi connectivity index (χ2v) is 8.88. The Bertz CT molecular complexity index is 789. The van der Waals surface area contributed by atoms with Crippen molar-refractivity contribution in [3.63, 3.8) is 0 Å². The molecule has 0 radical (unpaired) electrons. The van der Waals surface area contributed by atoms with E-state index >= 15 is 0 Å². The molecule has 4 atom stereocenters. The Kier molecular flexibility index (Phi) is 12.0. The summed E-state index contributed by atoms with van der Waals surface area (Å²) in [5.74, 6) is -3.22. The number of ketones is 1. The number of nitrogens with zero attached hydrogens (tertiary/aromatic N) is 1. The van der Waals surface area contributed by atoms with Crippen molar-refractivity contribution in [1.82, 2.24) is 20.9 Å². The fourth-order valence-electron chi connectivity index (χ4n) is 3.60. The molecule has 11 nitrogen and oxygen atoms in total. The van der Waals surface area contributed by atoms with E-state index in [1.807, 2.05) is 0 Å². The van der Waals surface area contributed by atoms with E-state index in [9.17, 15) is 28.8 Å². The van der Waals surface area contributed by atoms with Crippen LogP contribution in [0.15, 0.2) is 0 Å². The number of halogens is 1. The first-order valence-electron chi connectivity index (χ1n) is 11.3. The highest BCUT2D eigenvalue weighted by atomic mass is 35.5. The molecule has 0 saturated carbocycles. The molecule has 12 heteroatoms. The molecular formula is C22H35ClN4O7. The quantitative estimate of drug-likeness (QED) is 0.249. The zero-order valence-corrected chi connectivity index (χ0v) is 21.1. The lowest BCUT2D eigenvalue weighted by Gasteiger charge is -2.28. The van der Waals surface area contributed by atoms with Crippen LogP contribution < -0.4 is 16.0 Å². The summed E-state index contributed by atoms with van der Waals surface area (Å²) in [5.41, 5.74) is 0. The van der Waals surface area contributed by atoms with Crippen molar-refractivity contribution in [2.75, 3.05) is 19.5 Å². The monoisotopic (exact) mass is 502 g/mol. The number of carbonyl (C=O) groups excluding carboxylic acids is 6. The third-order valence-electron chi connectivity index (χ3n) is 5.57. The smallest absolute Gasteiger partial charge is 0.306 e. The van der Waals surface area contributed by atoms with E-state index < -0.39 is 53.8 Å². The van der Waals surface area contributed by atoms with E-state index in [0.717, 1.165) is 0 Å². The van der Waals surface area contributed by atoms with Gasteiger partial charge in [-0.3, -0.25) is 28.8 Å². The van der Waals surface area contributed by atoms with E-state index in [1.54, 1.807) is 13.8 Å².